The normalized spacial score (nSPS) is 17.4. The van der Waals surface area contributed by atoms with E-state index in [1.54, 1.807) is 12.1 Å². The molecule has 1 aromatic rings. The summed E-state index contributed by atoms with van der Waals surface area (Å²) >= 11 is 0. The number of aliphatic carboxylic acids is 1. The molecular formula is C14H15FO2. The predicted octanol–water partition coefficient (Wildman–Crippen LogP) is 3.48. The van der Waals surface area contributed by atoms with Crippen LogP contribution in [0.3, 0.4) is 0 Å². The van der Waals surface area contributed by atoms with E-state index in [4.69, 9.17) is 5.11 Å². The Kier molecular flexibility index (Phi) is 3.57. The van der Waals surface area contributed by atoms with Crippen LogP contribution < -0.4 is 0 Å². The summed E-state index contributed by atoms with van der Waals surface area (Å²) in [6, 6.07) is 6.06. The molecule has 0 amide bonds. The molecule has 0 atom stereocenters. The molecule has 17 heavy (non-hydrogen) atoms. The number of carboxylic acids is 1. The Morgan fingerprint density at radius 1 is 1.24 bits per heavy atom. The second-order valence-corrected chi connectivity index (χ2v) is 4.43. The number of allylic oxidation sites excluding steroid dienone is 1. The molecule has 1 fully saturated rings. The van der Waals surface area contributed by atoms with Gasteiger partial charge in [0.05, 0.1) is 0 Å². The van der Waals surface area contributed by atoms with Crippen molar-refractivity contribution in [3.05, 3.63) is 41.7 Å². The molecule has 0 spiro atoms. The van der Waals surface area contributed by atoms with Gasteiger partial charge in [-0.2, -0.15) is 0 Å². The fourth-order valence-electron chi connectivity index (χ4n) is 2.45. The molecule has 0 bridgehead atoms. The van der Waals surface area contributed by atoms with Gasteiger partial charge in [-0.1, -0.05) is 25.0 Å². The van der Waals surface area contributed by atoms with Crippen molar-refractivity contribution in [1.82, 2.24) is 0 Å². The first-order valence-corrected chi connectivity index (χ1v) is 5.87. The minimum absolute atomic E-state index is 0.296. The third-order valence-corrected chi connectivity index (χ3v) is 3.25. The Bertz CT molecular complexity index is 428. The lowest BCUT2D eigenvalue weighted by Crippen LogP contribution is -2.02. The first-order chi connectivity index (χ1) is 8.16. The average Bonchev–Trinajstić information content (AvgIpc) is 2.80. The lowest BCUT2D eigenvalue weighted by atomic mass is 9.91. The summed E-state index contributed by atoms with van der Waals surface area (Å²) in [4.78, 5) is 10.9. The van der Waals surface area contributed by atoms with Crippen LogP contribution in [0.1, 0.15) is 31.2 Å². The van der Waals surface area contributed by atoms with E-state index >= 15 is 0 Å². The van der Waals surface area contributed by atoms with Crippen LogP contribution >= 0.6 is 0 Å². The molecule has 0 aliphatic heterocycles. The summed E-state index contributed by atoms with van der Waals surface area (Å²) in [5.41, 5.74) is 1.65. The molecule has 1 aromatic carbocycles. The lowest BCUT2D eigenvalue weighted by molar-refractivity contribution is -0.131. The van der Waals surface area contributed by atoms with E-state index in [-0.39, 0.29) is 5.82 Å². The van der Waals surface area contributed by atoms with Crippen molar-refractivity contribution < 1.29 is 14.3 Å². The van der Waals surface area contributed by atoms with Crippen molar-refractivity contribution in [2.75, 3.05) is 0 Å². The van der Waals surface area contributed by atoms with E-state index in [0.29, 0.717) is 5.92 Å². The van der Waals surface area contributed by atoms with Crippen LogP contribution in [0.4, 0.5) is 4.39 Å². The number of hydrogen-bond acceptors (Lipinski definition) is 1. The molecule has 2 nitrogen and oxygen atoms in total. The van der Waals surface area contributed by atoms with Crippen LogP contribution in [-0.4, -0.2) is 11.1 Å². The van der Waals surface area contributed by atoms with Crippen molar-refractivity contribution >= 4 is 11.5 Å². The van der Waals surface area contributed by atoms with E-state index in [1.807, 2.05) is 0 Å². The zero-order valence-electron chi connectivity index (χ0n) is 9.53. The van der Waals surface area contributed by atoms with Crippen molar-refractivity contribution in [2.24, 2.45) is 5.92 Å². The Balaban J connectivity index is 2.32. The maximum Gasteiger partial charge on any atom is 0.328 e. The zero-order valence-corrected chi connectivity index (χ0v) is 9.53. The van der Waals surface area contributed by atoms with Gasteiger partial charge in [0.25, 0.3) is 0 Å². The fourth-order valence-corrected chi connectivity index (χ4v) is 2.45. The molecule has 0 saturated heterocycles. The highest BCUT2D eigenvalue weighted by Gasteiger charge is 2.21. The average molecular weight is 234 g/mol. The largest absolute Gasteiger partial charge is 0.478 e. The van der Waals surface area contributed by atoms with Crippen molar-refractivity contribution in [3.8, 4) is 0 Å². The van der Waals surface area contributed by atoms with Gasteiger partial charge in [-0.15, -0.1) is 0 Å². The second-order valence-electron chi connectivity index (χ2n) is 4.43. The van der Waals surface area contributed by atoms with E-state index < -0.39 is 5.97 Å². The van der Waals surface area contributed by atoms with Gasteiger partial charge in [-0.05, 0) is 42.0 Å². The fraction of sp³-hybridized carbons (Fsp3) is 0.357. The summed E-state index contributed by atoms with van der Waals surface area (Å²) in [5.74, 6) is -0.928. The highest BCUT2D eigenvalue weighted by atomic mass is 19.1. The first kappa shape index (κ1) is 11.8. The van der Waals surface area contributed by atoms with Crippen LogP contribution in [-0.2, 0) is 4.79 Å². The molecule has 0 unspecified atom stereocenters. The molecule has 1 N–H and O–H groups in total. The number of carbonyl (C=O) groups is 1. The Morgan fingerprint density at radius 2 is 1.82 bits per heavy atom. The number of carboxylic acid groups (broad SMARTS) is 1. The van der Waals surface area contributed by atoms with E-state index in [1.165, 1.54) is 18.2 Å². The Hall–Kier alpha value is -1.64. The van der Waals surface area contributed by atoms with Gasteiger partial charge in [0.1, 0.15) is 5.82 Å². The highest BCUT2D eigenvalue weighted by molar-refractivity contribution is 5.90. The number of rotatable bonds is 3. The Labute approximate surface area is 99.8 Å². The van der Waals surface area contributed by atoms with Gasteiger partial charge in [0.15, 0.2) is 0 Å². The lowest BCUT2D eigenvalue weighted by Gasteiger charge is -2.14. The number of benzene rings is 1. The molecule has 0 heterocycles. The number of halogens is 1. The standard InChI is InChI=1S/C14H15FO2/c15-12-7-5-11(6-8-12)13(9-14(16)17)10-3-1-2-4-10/h5-10H,1-4H2,(H,16,17)/b13-9+. The highest BCUT2D eigenvalue weighted by Crippen LogP contribution is 2.36. The van der Waals surface area contributed by atoms with Crippen molar-refractivity contribution in [2.45, 2.75) is 25.7 Å². The van der Waals surface area contributed by atoms with Crippen molar-refractivity contribution in [1.29, 1.82) is 0 Å². The third-order valence-electron chi connectivity index (χ3n) is 3.25. The molecular weight excluding hydrogens is 219 g/mol. The molecule has 90 valence electrons. The number of hydrogen-bond donors (Lipinski definition) is 1. The predicted molar refractivity (Wildman–Crippen MR) is 64.0 cm³/mol. The topological polar surface area (TPSA) is 37.3 Å². The quantitative estimate of drug-likeness (QED) is 0.813. The van der Waals surface area contributed by atoms with Gasteiger partial charge in [-0.25, -0.2) is 9.18 Å². The van der Waals surface area contributed by atoms with Crippen LogP contribution in [0.25, 0.3) is 5.57 Å². The smallest absolute Gasteiger partial charge is 0.328 e. The van der Waals surface area contributed by atoms with E-state index in [9.17, 15) is 9.18 Å². The molecule has 1 aliphatic rings. The summed E-state index contributed by atoms with van der Waals surface area (Å²) in [6.45, 7) is 0. The minimum Gasteiger partial charge on any atom is -0.478 e. The SMILES string of the molecule is O=C(O)/C=C(/c1ccc(F)cc1)C1CCCC1. The molecule has 3 heteroatoms. The summed E-state index contributed by atoms with van der Waals surface area (Å²) in [7, 11) is 0. The van der Waals surface area contributed by atoms with Gasteiger partial charge < -0.3 is 5.11 Å². The zero-order chi connectivity index (χ0) is 12.3. The monoisotopic (exact) mass is 234 g/mol. The molecule has 1 aliphatic carbocycles. The Morgan fingerprint density at radius 3 is 2.35 bits per heavy atom. The third kappa shape index (κ3) is 2.93. The summed E-state index contributed by atoms with van der Waals surface area (Å²) in [6.07, 6.45) is 5.60. The van der Waals surface area contributed by atoms with Gasteiger partial charge in [0.2, 0.25) is 0 Å². The molecule has 0 radical (unpaired) electrons. The van der Waals surface area contributed by atoms with Crippen molar-refractivity contribution in [3.63, 3.8) is 0 Å². The molecule has 2 rings (SSSR count). The van der Waals surface area contributed by atoms with E-state index in [2.05, 4.69) is 0 Å². The van der Waals surface area contributed by atoms with Gasteiger partial charge in [0, 0.05) is 6.08 Å². The van der Waals surface area contributed by atoms with Crippen LogP contribution in [0.5, 0.6) is 0 Å². The second kappa shape index (κ2) is 5.13. The van der Waals surface area contributed by atoms with E-state index in [0.717, 1.165) is 36.8 Å². The molecule has 0 aromatic heterocycles. The maximum absolute atomic E-state index is 12.9. The maximum atomic E-state index is 12.9. The van der Waals surface area contributed by atoms with Crippen LogP contribution in [0.2, 0.25) is 0 Å². The first-order valence-electron chi connectivity index (χ1n) is 5.87. The summed E-state index contributed by atoms with van der Waals surface area (Å²) < 4.78 is 12.9. The van der Waals surface area contributed by atoms with Gasteiger partial charge >= 0.3 is 5.97 Å². The van der Waals surface area contributed by atoms with Gasteiger partial charge in [-0.3, -0.25) is 0 Å². The van der Waals surface area contributed by atoms with Crippen LogP contribution in [0.15, 0.2) is 30.3 Å². The minimum atomic E-state index is -0.934. The molecule has 1 saturated carbocycles. The summed E-state index contributed by atoms with van der Waals surface area (Å²) in [5, 5.41) is 8.91. The van der Waals surface area contributed by atoms with Crippen LogP contribution in [0, 0.1) is 11.7 Å².